The Bertz CT molecular complexity index is 1310. The number of carbonyl (C=O) groups excluding carboxylic acids is 3. The molecule has 0 saturated carbocycles. The predicted octanol–water partition coefficient (Wildman–Crippen LogP) is 0.962. The number of piperazine rings is 1. The maximum absolute atomic E-state index is 13.3. The van der Waals surface area contributed by atoms with Crippen LogP contribution in [0.25, 0.3) is 0 Å². The Kier molecular flexibility index (Phi) is 5.81. The van der Waals surface area contributed by atoms with Gasteiger partial charge in [-0.2, -0.15) is 5.10 Å². The van der Waals surface area contributed by atoms with Gasteiger partial charge < -0.3 is 14.5 Å². The molecule has 3 aliphatic rings. The number of aromatic nitrogens is 3. The molecule has 5 rings (SSSR count). The van der Waals surface area contributed by atoms with Crippen molar-refractivity contribution in [2.24, 2.45) is 9.98 Å². The first kappa shape index (κ1) is 22.4. The number of ether oxygens (including phenoxy) is 1. The molecule has 35 heavy (non-hydrogen) atoms. The van der Waals surface area contributed by atoms with Crippen LogP contribution >= 0.6 is 0 Å². The Morgan fingerprint density at radius 1 is 1.03 bits per heavy atom. The molecular formula is C24H23N7O4. The predicted molar refractivity (Wildman–Crippen MR) is 126 cm³/mol. The number of amides is 2. The van der Waals surface area contributed by atoms with Gasteiger partial charge in [-0.3, -0.25) is 24.4 Å². The van der Waals surface area contributed by atoms with Gasteiger partial charge in [-0.1, -0.05) is 18.2 Å². The zero-order valence-electron chi connectivity index (χ0n) is 19.3. The number of allylic oxidation sites excluding steroid dienone is 1. The van der Waals surface area contributed by atoms with E-state index >= 15 is 0 Å². The van der Waals surface area contributed by atoms with Crippen molar-refractivity contribution in [1.82, 2.24) is 24.6 Å². The van der Waals surface area contributed by atoms with Gasteiger partial charge in [-0.15, -0.1) is 0 Å². The quantitative estimate of drug-likeness (QED) is 0.596. The lowest BCUT2D eigenvalue weighted by Crippen LogP contribution is -2.52. The molecule has 4 heterocycles. The SMILES string of the molecule is COC1=C2C(C(=O)C(=O)N3CCN(C(=O)c4ccccc4)CC3)=CN=C2C(n2cnc(C)n2)N=C1. The minimum absolute atomic E-state index is 0.0913. The van der Waals surface area contributed by atoms with Crippen LogP contribution in [0, 0.1) is 6.92 Å². The van der Waals surface area contributed by atoms with E-state index in [9.17, 15) is 14.4 Å². The summed E-state index contributed by atoms with van der Waals surface area (Å²) in [5.41, 5.74) is 1.64. The van der Waals surface area contributed by atoms with E-state index in [2.05, 4.69) is 20.1 Å². The number of hydrogen-bond donors (Lipinski definition) is 0. The monoisotopic (exact) mass is 473 g/mol. The Balaban J connectivity index is 1.28. The molecule has 0 radical (unpaired) electrons. The van der Waals surface area contributed by atoms with E-state index < -0.39 is 17.9 Å². The van der Waals surface area contributed by atoms with Crippen LogP contribution in [0.5, 0.6) is 0 Å². The molecule has 2 amide bonds. The van der Waals surface area contributed by atoms with E-state index in [4.69, 9.17) is 4.74 Å². The van der Waals surface area contributed by atoms with Crippen LogP contribution in [-0.4, -0.2) is 87.4 Å². The van der Waals surface area contributed by atoms with Gasteiger partial charge in [0.1, 0.15) is 17.9 Å². The molecule has 1 aromatic carbocycles. The van der Waals surface area contributed by atoms with E-state index in [0.717, 1.165) is 0 Å². The van der Waals surface area contributed by atoms with E-state index in [1.807, 2.05) is 18.2 Å². The van der Waals surface area contributed by atoms with Crippen LogP contribution in [0.15, 0.2) is 69.7 Å². The fourth-order valence-corrected chi connectivity index (χ4v) is 4.26. The number of dihydropyridines is 1. The Labute approximate surface area is 201 Å². The zero-order chi connectivity index (χ0) is 24.5. The first-order valence-electron chi connectivity index (χ1n) is 11.1. The Morgan fingerprint density at radius 3 is 2.40 bits per heavy atom. The molecule has 0 spiro atoms. The first-order chi connectivity index (χ1) is 17.0. The van der Waals surface area contributed by atoms with E-state index in [1.165, 1.54) is 30.8 Å². The molecule has 0 bridgehead atoms. The summed E-state index contributed by atoms with van der Waals surface area (Å²) >= 11 is 0. The molecule has 0 N–H and O–H groups in total. The summed E-state index contributed by atoms with van der Waals surface area (Å²) in [7, 11) is 1.47. The summed E-state index contributed by atoms with van der Waals surface area (Å²) in [5, 5.41) is 4.30. The van der Waals surface area contributed by atoms with Crippen LogP contribution in [0.2, 0.25) is 0 Å². The van der Waals surface area contributed by atoms with Gasteiger partial charge in [0.05, 0.1) is 30.2 Å². The summed E-state index contributed by atoms with van der Waals surface area (Å²) in [6, 6.07) is 8.99. The fraction of sp³-hybridized carbons (Fsp3) is 0.292. The first-order valence-corrected chi connectivity index (χ1v) is 11.1. The Morgan fingerprint density at radius 2 is 1.74 bits per heavy atom. The number of rotatable bonds is 5. The van der Waals surface area contributed by atoms with Gasteiger partial charge >= 0.3 is 0 Å². The molecule has 1 fully saturated rings. The van der Waals surface area contributed by atoms with E-state index in [0.29, 0.717) is 41.5 Å². The average molecular weight is 473 g/mol. The molecule has 1 atom stereocenters. The number of ketones is 1. The number of Topliss-reactive ketones (excluding diaryl/α,β-unsaturated/α-hetero) is 1. The second-order valence-electron chi connectivity index (χ2n) is 8.20. The van der Waals surface area contributed by atoms with Crippen molar-refractivity contribution in [2.45, 2.75) is 13.1 Å². The lowest BCUT2D eigenvalue weighted by atomic mass is 9.95. The van der Waals surface area contributed by atoms with Crippen molar-refractivity contribution in [3.05, 3.63) is 71.2 Å². The van der Waals surface area contributed by atoms with Crippen LogP contribution in [-0.2, 0) is 14.3 Å². The maximum Gasteiger partial charge on any atom is 0.295 e. The molecular weight excluding hydrogens is 450 g/mol. The number of nitrogens with zero attached hydrogens (tertiary/aromatic N) is 7. The molecule has 178 valence electrons. The minimum Gasteiger partial charge on any atom is -0.494 e. The molecule has 2 aromatic rings. The van der Waals surface area contributed by atoms with Crippen molar-refractivity contribution in [1.29, 1.82) is 0 Å². The van der Waals surface area contributed by atoms with Crippen molar-refractivity contribution in [3.63, 3.8) is 0 Å². The average Bonchev–Trinajstić information content (AvgIpc) is 3.54. The van der Waals surface area contributed by atoms with Crippen LogP contribution in [0.4, 0.5) is 0 Å². The smallest absolute Gasteiger partial charge is 0.295 e. The lowest BCUT2D eigenvalue weighted by molar-refractivity contribution is -0.143. The van der Waals surface area contributed by atoms with Crippen molar-refractivity contribution < 1.29 is 19.1 Å². The summed E-state index contributed by atoms with van der Waals surface area (Å²) in [4.78, 5) is 55.2. The highest BCUT2D eigenvalue weighted by molar-refractivity contribution is 6.46. The van der Waals surface area contributed by atoms with Gasteiger partial charge in [0.2, 0.25) is 0 Å². The summed E-state index contributed by atoms with van der Waals surface area (Å²) in [6.45, 7) is 2.99. The second-order valence-corrected chi connectivity index (χ2v) is 8.20. The molecule has 1 saturated heterocycles. The van der Waals surface area contributed by atoms with Gasteiger partial charge in [0.15, 0.2) is 6.17 Å². The highest BCUT2D eigenvalue weighted by atomic mass is 16.5. The molecule has 0 aliphatic carbocycles. The molecule has 11 heteroatoms. The number of aryl methyl sites for hydroxylation is 1. The third kappa shape index (κ3) is 4.05. The highest BCUT2D eigenvalue weighted by Gasteiger charge is 2.39. The third-order valence-electron chi connectivity index (χ3n) is 6.09. The second kappa shape index (κ2) is 9.09. The van der Waals surface area contributed by atoms with Crippen LogP contribution in [0.1, 0.15) is 22.3 Å². The summed E-state index contributed by atoms with van der Waals surface area (Å²) < 4.78 is 6.97. The minimum atomic E-state index is -0.681. The van der Waals surface area contributed by atoms with Crippen molar-refractivity contribution in [2.75, 3.05) is 33.3 Å². The van der Waals surface area contributed by atoms with E-state index in [-0.39, 0.29) is 24.6 Å². The number of fused-ring (bicyclic) bond motifs is 1. The topological polar surface area (TPSA) is 122 Å². The van der Waals surface area contributed by atoms with Gasteiger partial charge in [-0.25, -0.2) is 9.67 Å². The fourth-order valence-electron chi connectivity index (χ4n) is 4.26. The van der Waals surface area contributed by atoms with Gasteiger partial charge in [0, 0.05) is 37.9 Å². The molecule has 11 nitrogen and oxygen atoms in total. The van der Waals surface area contributed by atoms with Crippen molar-refractivity contribution in [3.8, 4) is 0 Å². The standard InChI is InChI=1S/C24H23N7O4/c1-15-27-14-31(28-15)22-20-19(18(35-2)13-26-22)17(12-25-20)21(32)24(34)30-10-8-29(9-11-30)23(33)16-6-4-3-5-7-16/h3-7,12-14,22H,8-11H2,1-2H3. The van der Waals surface area contributed by atoms with Gasteiger partial charge in [0.25, 0.3) is 17.6 Å². The number of benzene rings is 1. The largest absolute Gasteiger partial charge is 0.494 e. The summed E-state index contributed by atoms with van der Waals surface area (Å²) in [6.07, 6.45) is 3.80. The highest BCUT2D eigenvalue weighted by Crippen LogP contribution is 2.33. The number of carbonyl (C=O) groups is 3. The molecule has 1 unspecified atom stereocenters. The lowest BCUT2D eigenvalue weighted by Gasteiger charge is -2.34. The molecule has 3 aliphatic heterocycles. The number of hydrogen-bond acceptors (Lipinski definition) is 8. The normalized spacial score (nSPS) is 19.3. The van der Waals surface area contributed by atoms with Crippen molar-refractivity contribution >= 4 is 29.5 Å². The maximum atomic E-state index is 13.3. The van der Waals surface area contributed by atoms with E-state index in [1.54, 1.807) is 28.6 Å². The third-order valence-corrected chi connectivity index (χ3v) is 6.09. The zero-order valence-corrected chi connectivity index (χ0v) is 19.3. The number of aliphatic imine (C=N–C) groups is 2. The number of methoxy groups -OCH3 is 1. The summed E-state index contributed by atoms with van der Waals surface area (Å²) in [5.74, 6) is -0.490. The van der Waals surface area contributed by atoms with Crippen LogP contribution < -0.4 is 0 Å². The van der Waals surface area contributed by atoms with Crippen LogP contribution in [0.3, 0.4) is 0 Å². The molecule has 1 aromatic heterocycles. The van der Waals surface area contributed by atoms with Gasteiger partial charge in [-0.05, 0) is 19.1 Å². The Hall–Kier alpha value is -4.41.